The minimum Gasteiger partial charge on any atom is -0.497 e. The maximum atomic E-state index is 12.3. The van der Waals surface area contributed by atoms with E-state index in [1.165, 1.54) is 0 Å². The average molecular weight is 337 g/mol. The first-order valence-corrected chi connectivity index (χ1v) is 8.55. The third-order valence-electron chi connectivity index (χ3n) is 4.15. The largest absolute Gasteiger partial charge is 0.497 e. The number of methoxy groups -OCH3 is 1. The van der Waals surface area contributed by atoms with Gasteiger partial charge in [0.1, 0.15) is 22.9 Å². The summed E-state index contributed by atoms with van der Waals surface area (Å²) in [4.78, 5) is 17.0. The fourth-order valence-corrected chi connectivity index (χ4v) is 2.75. The van der Waals surface area contributed by atoms with Gasteiger partial charge in [0.15, 0.2) is 0 Å². The number of hydrogen-bond acceptors (Lipinski definition) is 3. The van der Waals surface area contributed by atoms with Gasteiger partial charge in [0.05, 0.1) is 7.11 Å². The van der Waals surface area contributed by atoms with Gasteiger partial charge in [0.25, 0.3) is 0 Å². The van der Waals surface area contributed by atoms with Gasteiger partial charge in [-0.15, -0.1) is 0 Å². The van der Waals surface area contributed by atoms with Crippen molar-refractivity contribution >= 4 is 17.4 Å². The van der Waals surface area contributed by atoms with Crippen LogP contribution >= 0.6 is 0 Å². The number of ether oxygens (including phenoxy) is 1. The summed E-state index contributed by atoms with van der Waals surface area (Å²) in [6.07, 6.45) is 4.37. The van der Waals surface area contributed by atoms with E-state index in [0.717, 1.165) is 41.1 Å². The highest BCUT2D eigenvalue weighted by molar-refractivity contribution is 5.94. The molecule has 0 atom stereocenters. The Morgan fingerprint density at radius 1 is 1.20 bits per heavy atom. The summed E-state index contributed by atoms with van der Waals surface area (Å²) < 4.78 is 7.17. The lowest BCUT2D eigenvalue weighted by Crippen LogP contribution is -2.13. The van der Waals surface area contributed by atoms with Crippen LogP contribution in [0.15, 0.2) is 42.6 Å². The molecule has 1 N–H and O–H groups in total. The van der Waals surface area contributed by atoms with Crippen LogP contribution in [0, 0.1) is 6.92 Å². The van der Waals surface area contributed by atoms with Gasteiger partial charge < -0.3 is 10.1 Å². The number of aromatic nitrogens is 2. The number of imidazole rings is 1. The molecule has 0 bridgehead atoms. The van der Waals surface area contributed by atoms with Crippen molar-refractivity contribution in [3.05, 3.63) is 48.2 Å². The number of carbonyl (C=O) groups is 1. The Morgan fingerprint density at radius 3 is 2.64 bits per heavy atom. The van der Waals surface area contributed by atoms with Crippen molar-refractivity contribution in [2.75, 3.05) is 12.4 Å². The maximum Gasteiger partial charge on any atom is 0.225 e. The molecular weight excluding hydrogens is 314 g/mol. The van der Waals surface area contributed by atoms with Crippen LogP contribution in [-0.4, -0.2) is 22.4 Å². The van der Waals surface area contributed by atoms with Crippen LogP contribution in [0.4, 0.5) is 5.82 Å². The third-order valence-corrected chi connectivity index (χ3v) is 4.15. The smallest absolute Gasteiger partial charge is 0.225 e. The lowest BCUT2D eigenvalue weighted by Gasteiger charge is -2.08. The first-order valence-electron chi connectivity index (χ1n) is 8.55. The predicted octanol–water partition coefficient (Wildman–Crippen LogP) is 4.45. The van der Waals surface area contributed by atoms with Gasteiger partial charge in [-0.25, -0.2) is 4.98 Å². The molecule has 0 aliphatic heterocycles. The van der Waals surface area contributed by atoms with Crippen LogP contribution in [0.5, 0.6) is 5.75 Å². The minimum absolute atomic E-state index is 0.0138. The standard InChI is InChI=1S/C20H23N3O2/c1-4-5-6-18(24)22-20-19(15-8-10-16(25-3)11-9-15)21-17-12-7-14(2)13-23(17)20/h7-13H,4-6H2,1-3H3,(H,22,24). The Hall–Kier alpha value is -2.82. The van der Waals surface area contributed by atoms with E-state index in [-0.39, 0.29) is 5.91 Å². The Labute approximate surface area is 147 Å². The van der Waals surface area contributed by atoms with Crippen LogP contribution in [-0.2, 0) is 4.79 Å². The predicted molar refractivity (Wildman–Crippen MR) is 100 cm³/mol. The zero-order chi connectivity index (χ0) is 17.8. The van der Waals surface area contributed by atoms with Gasteiger partial charge in [0, 0.05) is 18.2 Å². The summed E-state index contributed by atoms with van der Waals surface area (Å²) in [6, 6.07) is 11.7. The third kappa shape index (κ3) is 3.65. The number of carbonyl (C=O) groups excluding carboxylic acids is 1. The number of pyridine rings is 1. The molecule has 3 rings (SSSR count). The molecule has 1 aromatic carbocycles. The van der Waals surface area contributed by atoms with Crippen LogP contribution in [0.2, 0.25) is 0 Å². The van der Waals surface area contributed by atoms with Crippen molar-refractivity contribution in [2.45, 2.75) is 33.1 Å². The molecule has 3 aromatic rings. The van der Waals surface area contributed by atoms with Crippen molar-refractivity contribution in [2.24, 2.45) is 0 Å². The van der Waals surface area contributed by atoms with Gasteiger partial charge >= 0.3 is 0 Å². The molecule has 0 unspecified atom stereocenters. The number of hydrogen-bond donors (Lipinski definition) is 1. The number of anilines is 1. The zero-order valence-electron chi connectivity index (χ0n) is 14.9. The summed E-state index contributed by atoms with van der Waals surface area (Å²) in [7, 11) is 1.64. The van der Waals surface area contributed by atoms with E-state index < -0.39 is 0 Å². The van der Waals surface area contributed by atoms with Gasteiger partial charge in [-0.2, -0.15) is 0 Å². The van der Waals surface area contributed by atoms with Gasteiger partial charge in [-0.05, 0) is 49.2 Å². The summed E-state index contributed by atoms with van der Waals surface area (Å²) in [5, 5.41) is 3.05. The summed E-state index contributed by atoms with van der Waals surface area (Å²) >= 11 is 0. The highest BCUT2D eigenvalue weighted by Gasteiger charge is 2.16. The maximum absolute atomic E-state index is 12.3. The van der Waals surface area contributed by atoms with E-state index in [9.17, 15) is 4.79 Å². The first-order chi connectivity index (χ1) is 12.1. The lowest BCUT2D eigenvalue weighted by molar-refractivity contribution is -0.116. The summed E-state index contributed by atoms with van der Waals surface area (Å²) in [6.45, 7) is 4.10. The van der Waals surface area contributed by atoms with E-state index >= 15 is 0 Å². The van der Waals surface area contributed by atoms with Gasteiger partial charge in [0.2, 0.25) is 5.91 Å². The van der Waals surface area contributed by atoms with E-state index in [0.29, 0.717) is 12.2 Å². The molecule has 5 heteroatoms. The number of rotatable bonds is 6. The number of amides is 1. The number of aryl methyl sites for hydroxylation is 1. The van der Waals surface area contributed by atoms with Crippen LogP contribution < -0.4 is 10.1 Å². The highest BCUT2D eigenvalue weighted by Crippen LogP contribution is 2.30. The molecule has 0 aliphatic carbocycles. The zero-order valence-corrected chi connectivity index (χ0v) is 14.9. The second-order valence-electron chi connectivity index (χ2n) is 6.12. The molecular formula is C20H23N3O2. The normalized spacial score (nSPS) is 10.8. The van der Waals surface area contributed by atoms with Crippen molar-refractivity contribution in [3.63, 3.8) is 0 Å². The Bertz CT molecular complexity index is 882. The second kappa shape index (κ2) is 7.38. The van der Waals surface area contributed by atoms with E-state index in [4.69, 9.17) is 9.72 Å². The molecule has 0 fully saturated rings. The molecule has 5 nitrogen and oxygen atoms in total. The Balaban J connectivity index is 2.06. The van der Waals surface area contributed by atoms with Crippen LogP contribution in [0.1, 0.15) is 31.7 Å². The second-order valence-corrected chi connectivity index (χ2v) is 6.12. The number of benzene rings is 1. The van der Waals surface area contributed by atoms with E-state index in [1.807, 2.05) is 53.9 Å². The molecule has 2 aromatic heterocycles. The number of fused-ring (bicyclic) bond motifs is 1. The molecule has 2 heterocycles. The fraction of sp³-hybridized carbons (Fsp3) is 0.300. The fourth-order valence-electron chi connectivity index (χ4n) is 2.75. The minimum atomic E-state index is 0.0138. The molecule has 0 aliphatic rings. The quantitative estimate of drug-likeness (QED) is 0.723. The highest BCUT2D eigenvalue weighted by atomic mass is 16.5. The molecule has 130 valence electrons. The lowest BCUT2D eigenvalue weighted by atomic mass is 10.1. The SMILES string of the molecule is CCCCC(=O)Nc1c(-c2ccc(OC)cc2)nc2ccc(C)cn12. The molecule has 0 saturated heterocycles. The van der Waals surface area contributed by atoms with Crippen molar-refractivity contribution < 1.29 is 9.53 Å². The van der Waals surface area contributed by atoms with Gasteiger partial charge in [-0.3, -0.25) is 9.20 Å². The van der Waals surface area contributed by atoms with Crippen molar-refractivity contribution in [1.82, 2.24) is 9.38 Å². The average Bonchev–Trinajstić information content (AvgIpc) is 2.97. The van der Waals surface area contributed by atoms with Crippen molar-refractivity contribution in [3.8, 4) is 17.0 Å². The Kier molecular flexibility index (Phi) is 5.03. The number of nitrogens with one attached hydrogen (secondary N) is 1. The van der Waals surface area contributed by atoms with Crippen LogP contribution in [0.25, 0.3) is 16.9 Å². The first kappa shape index (κ1) is 17.0. The van der Waals surface area contributed by atoms with Crippen molar-refractivity contribution in [1.29, 1.82) is 0 Å². The molecule has 0 saturated carbocycles. The molecule has 25 heavy (non-hydrogen) atoms. The number of unbranched alkanes of at least 4 members (excludes halogenated alkanes) is 1. The van der Waals surface area contributed by atoms with E-state index in [1.54, 1.807) is 7.11 Å². The van der Waals surface area contributed by atoms with E-state index in [2.05, 4.69) is 12.2 Å². The van der Waals surface area contributed by atoms with Crippen LogP contribution in [0.3, 0.4) is 0 Å². The van der Waals surface area contributed by atoms with Gasteiger partial charge in [-0.1, -0.05) is 19.4 Å². The topological polar surface area (TPSA) is 55.6 Å². The molecule has 0 radical (unpaired) electrons. The summed E-state index contributed by atoms with van der Waals surface area (Å²) in [5.41, 5.74) is 3.61. The monoisotopic (exact) mass is 337 g/mol. The number of nitrogens with zero attached hydrogens (tertiary/aromatic N) is 2. The molecule has 0 spiro atoms. The summed E-state index contributed by atoms with van der Waals surface area (Å²) in [5.74, 6) is 1.52. The Morgan fingerprint density at radius 2 is 1.96 bits per heavy atom. The molecule has 1 amide bonds.